The van der Waals surface area contributed by atoms with Crippen molar-refractivity contribution < 1.29 is 18.0 Å². The van der Waals surface area contributed by atoms with E-state index < -0.39 is 15.1 Å². The molecule has 2 aromatic carbocycles. The summed E-state index contributed by atoms with van der Waals surface area (Å²) in [5.74, 6) is -0.474. The van der Waals surface area contributed by atoms with E-state index in [1.54, 1.807) is 13.0 Å². The van der Waals surface area contributed by atoms with E-state index in [4.69, 9.17) is 0 Å². The van der Waals surface area contributed by atoms with Crippen molar-refractivity contribution in [3.05, 3.63) is 53.6 Å². The molecule has 154 valence electrons. The number of nitrogens with one attached hydrogen (secondary N) is 2. The maximum Gasteiger partial charge on any atom is 0.237 e. The van der Waals surface area contributed by atoms with Gasteiger partial charge in [0.2, 0.25) is 11.8 Å². The van der Waals surface area contributed by atoms with Crippen molar-refractivity contribution in [2.45, 2.75) is 54.0 Å². The average molecular weight is 433 g/mol. The van der Waals surface area contributed by atoms with Crippen LogP contribution in [0.25, 0.3) is 0 Å². The number of anilines is 1. The van der Waals surface area contributed by atoms with E-state index in [0.717, 1.165) is 16.0 Å². The van der Waals surface area contributed by atoms with Gasteiger partial charge < -0.3 is 10.6 Å². The fourth-order valence-electron chi connectivity index (χ4n) is 2.95. The van der Waals surface area contributed by atoms with Gasteiger partial charge in [0.25, 0.3) is 0 Å². The Kier molecular flexibility index (Phi) is 6.33. The Labute approximate surface area is 175 Å². The van der Waals surface area contributed by atoms with Gasteiger partial charge in [-0.25, -0.2) is 8.42 Å². The molecule has 2 N–H and O–H groups in total. The summed E-state index contributed by atoms with van der Waals surface area (Å²) in [7, 11) is -3.71. The average Bonchev–Trinajstić information content (AvgIpc) is 2.68. The molecule has 0 spiro atoms. The molecule has 2 aromatic rings. The third-order valence-corrected chi connectivity index (χ3v) is 8.14. The Balaban J connectivity index is 1.66. The molecule has 1 heterocycles. The highest BCUT2D eigenvalue weighted by molar-refractivity contribution is 8.01. The van der Waals surface area contributed by atoms with Gasteiger partial charge in [-0.3, -0.25) is 9.59 Å². The Morgan fingerprint density at radius 1 is 1.21 bits per heavy atom. The highest BCUT2D eigenvalue weighted by Gasteiger charge is 2.29. The topological polar surface area (TPSA) is 92.3 Å². The molecule has 0 saturated heterocycles. The summed E-state index contributed by atoms with van der Waals surface area (Å²) in [6.07, 6.45) is -0.135. The van der Waals surface area contributed by atoms with E-state index in [2.05, 4.69) is 10.6 Å². The van der Waals surface area contributed by atoms with Crippen molar-refractivity contribution in [1.82, 2.24) is 5.32 Å². The predicted octanol–water partition coefficient (Wildman–Crippen LogP) is 3.30. The molecule has 2 amide bonds. The zero-order chi connectivity index (χ0) is 21.2. The molecule has 3 rings (SSSR count). The first kappa shape index (κ1) is 21.4. The lowest BCUT2D eigenvalue weighted by Crippen LogP contribution is -2.30. The molecule has 0 aliphatic carbocycles. The van der Waals surface area contributed by atoms with Gasteiger partial charge in [-0.1, -0.05) is 29.8 Å². The molecule has 0 fully saturated rings. The maximum atomic E-state index is 12.9. The molecule has 0 radical (unpaired) electrons. The summed E-state index contributed by atoms with van der Waals surface area (Å²) in [5, 5.41) is 4.40. The van der Waals surface area contributed by atoms with Crippen LogP contribution in [0.15, 0.2) is 52.3 Å². The largest absolute Gasteiger partial charge is 0.352 e. The highest BCUT2D eigenvalue weighted by atomic mass is 32.2. The third-order valence-electron chi connectivity index (χ3n) is 4.82. The zero-order valence-electron chi connectivity index (χ0n) is 16.6. The number of thioether (sulfide) groups is 1. The molecule has 8 heteroatoms. The summed E-state index contributed by atoms with van der Waals surface area (Å²) in [4.78, 5) is 25.1. The number of aryl methyl sites for hydroxylation is 1. The van der Waals surface area contributed by atoms with Crippen molar-refractivity contribution in [3.8, 4) is 0 Å². The van der Waals surface area contributed by atoms with Gasteiger partial charge in [-0.05, 0) is 44.5 Å². The molecule has 2 atom stereocenters. The number of benzene rings is 2. The lowest BCUT2D eigenvalue weighted by atomic mass is 10.1. The lowest BCUT2D eigenvalue weighted by molar-refractivity contribution is -0.121. The minimum absolute atomic E-state index is 0.102. The standard InChI is InChI=1S/C21H24N2O4S2/c1-13-4-6-16(7-5-13)12-22-20(24)10-14(2)29(26,27)17-8-9-19-18(11-17)23-21(25)15(3)28-19/h4-9,11,14-15H,10,12H2,1-3H3,(H,22,24)(H,23,25)/t14-,15-/m0/s1. The Hall–Kier alpha value is -2.32. The smallest absolute Gasteiger partial charge is 0.237 e. The summed E-state index contributed by atoms with van der Waals surface area (Å²) in [6, 6.07) is 12.5. The van der Waals surface area contributed by atoms with E-state index >= 15 is 0 Å². The quantitative estimate of drug-likeness (QED) is 0.731. The van der Waals surface area contributed by atoms with Crippen LogP contribution in [0.2, 0.25) is 0 Å². The first-order valence-corrected chi connectivity index (χ1v) is 11.8. The SMILES string of the molecule is Cc1ccc(CNC(=O)C[C@H](C)S(=O)(=O)c2ccc3c(c2)NC(=O)[C@H](C)S3)cc1. The van der Waals surface area contributed by atoms with Crippen LogP contribution in [0.1, 0.15) is 31.4 Å². The van der Waals surface area contributed by atoms with Gasteiger partial charge in [0.05, 0.1) is 21.1 Å². The first-order valence-electron chi connectivity index (χ1n) is 9.34. The van der Waals surface area contributed by atoms with Gasteiger partial charge in [0.1, 0.15) is 0 Å². The number of carbonyl (C=O) groups is 2. The molecule has 0 saturated carbocycles. The molecular weight excluding hydrogens is 408 g/mol. The van der Waals surface area contributed by atoms with Crippen molar-refractivity contribution in [3.63, 3.8) is 0 Å². The minimum atomic E-state index is -3.71. The fourth-order valence-corrected chi connectivity index (χ4v) is 5.25. The lowest BCUT2D eigenvalue weighted by Gasteiger charge is -2.22. The number of hydrogen-bond acceptors (Lipinski definition) is 5. The van der Waals surface area contributed by atoms with Crippen molar-refractivity contribution in [1.29, 1.82) is 0 Å². The van der Waals surface area contributed by atoms with Crippen LogP contribution in [-0.4, -0.2) is 30.7 Å². The fraction of sp³-hybridized carbons (Fsp3) is 0.333. The van der Waals surface area contributed by atoms with E-state index in [0.29, 0.717) is 12.2 Å². The second-order valence-corrected chi connectivity index (χ2v) is 11.0. The number of hydrogen-bond donors (Lipinski definition) is 2. The number of carbonyl (C=O) groups excluding carboxylic acids is 2. The molecule has 1 aliphatic heterocycles. The van der Waals surface area contributed by atoms with Gasteiger partial charge >= 0.3 is 0 Å². The summed E-state index contributed by atoms with van der Waals surface area (Å²) < 4.78 is 25.8. The Morgan fingerprint density at radius 3 is 2.59 bits per heavy atom. The maximum absolute atomic E-state index is 12.9. The molecule has 6 nitrogen and oxygen atoms in total. The van der Waals surface area contributed by atoms with E-state index in [-0.39, 0.29) is 28.4 Å². The summed E-state index contributed by atoms with van der Waals surface area (Å²) in [6.45, 7) is 5.66. The second-order valence-electron chi connectivity index (χ2n) is 7.23. The molecule has 0 bridgehead atoms. The second kappa shape index (κ2) is 8.59. The zero-order valence-corrected chi connectivity index (χ0v) is 18.2. The van der Waals surface area contributed by atoms with E-state index in [9.17, 15) is 18.0 Å². The van der Waals surface area contributed by atoms with Crippen LogP contribution >= 0.6 is 11.8 Å². The van der Waals surface area contributed by atoms with E-state index in [1.165, 1.54) is 30.8 Å². The van der Waals surface area contributed by atoms with Gasteiger partial charge in [-0.2, -0.15) is 0 Å². The summed E-state index contributed by atoms with van der Waals surface area (Å²) >= 11 is 1.39. The minimum Gasteiger partial charge on any atom is -0.352 e. The Morgan fingerprint density at radius 2 is 1.90 bits per heavy atom. The Bertz CT molecular complexity index is 1030. The summed E-state index contributed by atoms with van der Waals surface area (Å²) in [5.41, 5.74) is 2.58. The normalized spacial score (nSPS) is 17.2. The molecule has 29 heavy (non-hydrogen) atoms. The first-order chi connectivity index (χ1) is 13.7. The monoisotopic (exact) mass is 432 g/mol. The van der Waals surface area contributed by atoms with Crippen LogP contribution in [0, 0.1) is 6.92 Å². The van der Waals surface area contributed by atoms with Crippen molar-refractivity contribution in [2.24, 2.45) is 0 Å². The number of amides is 2. The van der Waals surface area contributed by atoms with Gasteiger partial charge in [0.15, 0.2) is 9.84 Å². The van der Waals surface area contributed by atoms with Crippen LogP contribution in [0.4, 0.5) is 5.69 Å². The third kappa shape index (κ3) is 5.00. The highest BCUT2D eigenvalue weighted by Crippen LogP contribution is 2.37. The molecular formula is C21H24N2O4S2. The molecule has 0 aromatic heterocycles. The predicted molar refractivity (Wildman–Crippen MR) is 115 cm³/mol. The van der Waals surface area contributed by atoms with Crippen LogP contribution < -0.4 is 10.6 Å². The number of rotatable bonds is 6. The van der Waals surface area contributed by atoms with E-state index in [1.807, 2.05) is 31.2 Å². The number of fused-ring (bicyclic) bond motifs is 1. The molecule has 1 aliphatic rings. The molecule has 0 unspecified atom stereocenters. The van der Waals surface area contributed by atoms with Crippen LogP contribution in [0.3, 0.4) is 0 Å². The van der Waals surface area contributed by atoms with Crippen LogP contribution in [0.5, 0.6) is 0 Å². The van der Waals surface area contributed by atoms with Crippen molar-refractivity contribution >= 4 is 39.1 Å². The van der Waals surface area contributed by atoms with Crippen LogP contribution in [-0.2, 0) is 26.0 Å². The number of sulfone groups is 1. The van der Waals surface area contributed by atoms with Gasteiger partial charge in [0, 0.05) is 17.9 Å². The van der Waals surface area contributed by atoms with Crippen molar-refractivity contribution in [2.75, 3.05) is 5.32 Å². The van der Waals surface area contributed by atoms with Gasteiger partial charge in [-0.15, -0.1) is 11.8 Å².